The Balaban J connectivity index is 0.896. The average Bonchev–Trinajstić information content (AvgIpc) is 1.59. The Labute approximate surface area is 621 Å². The molecular formula is C71H88ClN8O22S4-. The zero-order chi connectivity index (χ0) is 78.3. The van der Waals surface area contributed by atoms with Crippen LogP contribution in [0.3, 0.4) is 0 Å². The lowest BCUT2D eigenvalue weighted by molar-refractivity contribution is -0.401. The molecule has 106 heavy (non-hydrogen) atoms. The highest BCUT2D eigenvalue weighted by Gasteiger charge is 2.44. The lowest BCUT2D eigenvalue weighted by Gasteiger charge is -2.27. The largest absolute Gasteiger partial charge is 0.744 e. The van der Waals surface area contributed by atoms with E-state index < -0.39 is 128 Å². The molecule has 0 saturated heterocycles. The summed E-state index contributed by atoms with van der Waals surface area (Å²) in [6, 6.07) is 17.9. The normalized spacial score (nSPS) is 15.4. The Morgan fingerprint density at radius 3 is 1.98 bits per heavy atom. The second-order valence-corrected chi connectivity index (χ2v) is 32.5. The van der Waals surface area contributed by atoms with Gasteiger partial charge in [-0.1, -0.05) is 81.1 Å². The molecule has 7 rings (SSSR count). The highest BCUT2D eigenvalue weighted by atomic mass is 35.5. The van der Waals surface area contributed by atoms with Gasteiger partial charge in [0, 0.05) is 89.5 Å². The van der Waals surface area contributed by atoms with Crippen LogP contribution < -0.4 is 51.3 Å². The van der Waals surface area contributed by atoms with Crippen LogP contribution in [-0.4, -0.2) is 165 Å². The summed E-state index contributed by atoms with van der Waals surface area (Å²) in [4.78, 5) is 80.9. The van der Waals surface area contributed by atoms with Crippen molar-refractivity contribution in [2.45, 2.75) is 150 Å². The average molecular weight is 1570 g/mol. The van der Waals surface area contributed by atoms with Crippen molar-refractivity contribution >= 4 is 105 Å². The molecule has 5 aromatic rings. The topological polar surface area (TPSA) is 445 Å². The minimum Gasteiger partial charge on any atom is -0.744 e. The fraction of sp³-hybridized carbons (Fsp3) is 0.423. The van der Waals surface area contributed by atoms with Gasteiger partial charge < -0.3 is 64.5 Å². The molecule has 0 aliphatic carbocycles. The number of nitrogens with one attached hydrogen (secondary N) is 5. The zero-order valence-electron chi connectivity index (χ0n) is 59.7. The van der Waals surface area contributed by atoms with Crippen molar-refractivity contribution in [2.75, 3.05) is 63.3 Å². The van der Waals surface area contributed by atoms with Gasteiger partial charge in [0.1, 0.15) is 38.8 Å². The Kier molecular flexibility index (Phi) is 28.7. The summed E-state index contributed by atoms with van der Waals surface area (Å²) in [5.74, 6) is -3.86. The molecule has 30 nitrogen and oxygen atoms in total. The number of rotatable bonds is 38. The second-order valence-electron chi connectivity index (χ2n) is 26.2. The number of fused-ring (bicyclic) bond motifs is 2. The number of benzene rings is 4. The van der Waals surface area contributed by atoms with E-state index in [0.717, 1.165) is 17.1 Å². The van der Waals surface area contributed by atoms with E-state index >= 15 is 0 Å². The number of ether oxygens (including phenoxy) is 3. The van der Waals surface area contributed by atoms with E-state index in [2.05, 4.69) is 21.3 Å². The minimum absolute atomic E-state index is 0.00795. The molecule has 8 N–H and O–H groups in total. The first-order valence-electron chi connectivity index (χ1n) is 33.9. The first-order chi connectivity index (χ1) is 49.7. The van der Waals surface area contributed by atoms with Gasteiger partial charge in [-0.2, -0.15) is 21.4 Å². The summed E-state index contributed by atoms with van der Waals surface area (Å²) < 4.78 is 162. The number of unbranched alkanes of at least 4 members (excludes halogenated alkanes) is 5. The summed E-state index contributed by atoms with van der Waals surface area (Å²) in [5, 5.41) is 17.2. The molecule has 1 aromatic heterocycles. The van der Waals surface area contributed by atoms with Gasteiger partial charge in [0.2, 0.25) is 23.4 Å². The third-order valence-electron chi connectivity index (χ3n) is 17.9. The molecule has 0 bridgehead atoms. The monoisotopic (exact) mass is 1570 g/mol. The van der Waals surface area contributed by atoms with Gasteiger partial charge in [0.25, 0.3) is 25.8 Å². The smallest absolute Gasteiger partial charge is 0.319 e. The molecular weight excluding hydrogens is 1480 g/mol. The number of hydrogen-bond acceptors (Lipinski definition) is 20. The van der Waals surface area contributed by atoms with Gasteiger partial charge in [-0.25, -0.2) is 21.6 Å². The molecule has 3 atom stereocenters. The van der Waals surface area contributed by atoms with Crippen LogP contribution >= 0.6 is 11.6 Å². The first-order valence-corrected chi connectivity index (χ1v) is 40.1. The molecule has 2 aliphatic rings. The Bertz CT molecular complexity index is 4810. The van der Waals surface area contributed by atoms with Gasteiger partial charge in [-0.15, -0.1) is 0 Å². The summed E-state index contributed by atoms with van der Waals surface area (Å²) in [7, 11) is -18.3. The number of nitrogens with zero attached hydrogens (tertiary/aromatic N) is 3. The molecule has 4 aromatic carbocycles. The summed E-state index contributed by atoms with van der Waals surface area (Å²) in [6.45, 7) is 11.3. The fourth-order valence-corrected chi connectivity index (χ4v) is 15.1. The maximum absolute atomic E-state index is 14.4. The number of carboxylic acids is 1. The number of allylic oxidation sites excluding steroid dienone is 6. The molecule has 2 unspecified atom stereocenters. The number of carbonyl (C=O) groups is 5. The van der Waals surface area contributed by atoms with Crippen LogP contribution in [0.4, 0.5) is 21.9 Å². The number of amides is 5. The Morgan fingerprint density at radius 1 is 0.708 bits per heavy atom. The maximum Gasteiger partial charge on any atom is 0.319 e. The van der Waals surface area contributed by atoms with Crippen molar-refractivity contribution in [3.05, 3.63) is 164 Å². The molecule has 0 fully saturated rings. The van der Waals surface area contributed by atoms with Gasteiger partial charge in [0.05, 0.1) is 54.0 Å². The molecule has 0 radical (unpaired) electrons. The summed E-state index contributed by atoms with van der Waals surface area (Å²) >= 11 is 6.59. The number of pyridine rings is 1. The Hall–Kier alpha value is -9.00. The quantitative estimate of drug-likeness (QED) is 0.00813. The lowest BCUT2D eigenvalue weighted by atomic mass is 9.81. The molecule has 2 aliphatic heterocycles. The van der Waals surface area contributed by atoms with E-state index in [4.69, 9.17) is 25.8 Å². The highest BCUT2D eigenvalue weighted by Crippen LogP contribution is 2.49. The maximum atomic E-state index is 14.4. The van der Waals surface area contributed by atoms with Crippen molar-refractivity contribution in [1.82, 2.24) is 25.8 Å². The van der Waals surface area contributed by atoms with Crippen LogP contribution in [0.15, 0.2) is 136 Å². The molecule has 5 amide bonds. The van der Waals surface area contributed by atoms with Crippen molar-refractivity contribution in [1.29, 1.82) is 0 Å². The summed E-state index contributed by atoms with van der Waals surface area (Å²) in [6.07, 6.45) is 12.3. The van der Waals surface area contributed by atoms with Crippen molar-refractivity contribution < 1.29 is 99.7 Å². The van der Waals surface area contributed by atoms with Crippen LogP contribution in [0.2, 0.25) is 5.02 Å². The molecule has 0 spiro atoms. The van der Waals surface area contributed by atoms with Gasteiger partial charge in [0.15, 0.2) is 27.6 Å². The SMILES string of the molecule is CCOc1cccc([C@H](CC(=O)O)NC(=O)Nc2c(OCCCCCCNC(=O)C(CNC(=O)C(CNC(=O)CCCCCN3/C(=C/C=C/C=C/C4=[N+](C)c5ccc(S(=O)(=O)[O-])cc5C4(C)C)C(C)(C)c4cc(S(=O)(=O)[O-])ccc43)S(=O)(=O)O)S(=O)(=O)O)c(C)cn(Cc3c(Cl)cccc3OCC)c2=O)c1. The van der Waals surface area contributed by atoms with Crippen LogP contribution in [0.5, 0.6) is 17.2 Å². The van der Waals surface area contributed by atoms with E-state index in [9.17, 15) is 85.8 Å². The number of carbonyl (C=O) groups excluding carboxylic acids is 4. The van der Waals surface area contributed by atoms with Gasteiger partial charge >= 0.3 is 12.0 Å². The van der Waals surface area contributed by atoms with E-state index in [-0.39, 0.29) is 55.3 Å². The number of aliphatic carboxylic acids is 1. The third-order valence-corrected chi connectivity index (χ3v) is 22.2. The number of carboxylic acid groups (broad SMARTS) is 1. The number of halogens is 1. The van der Waals surface area contributed by atoms with E-state index in [1.54, 1.807) is 93.6 Å². The second kappa shape index (κ2) is 36.1. The number of urea groups is 1. The van der Waals surface area contributed by atoms with Crippen LogP contribution in [0.1, 0.15) is 133 Å². The Morgan fingerprint density at radius 2 is 1.33 bits per heavy atom. The number of hydrogen-bond donors (Lipinski definition) is 8. The number of aromatic nitrogens is 1. The fourth-order valence-electron chi connectivity index (χ4n) is 12.5. The standard InChI is InChI=1S/C71H89ClN8O22S4/c1-9-100-47-24-21-23-46(37-47)54(40-63(82)83)76-69(87)77-64-65(45(3)43-79(68(64)86)44-50-53(72)25-22-26-57(50)101-10-2)102-36-20-12-11-18-34-73-66(84)59(106(97,98)99)42-75-67(85)58(105(94,95)96)41-74-62(81)29-17-14-19-35-80-56-33-31-49(104(91,92)93)39-52(56)71(6,7)61(80)28-16-13-15-27-60-70(4,5)51-38-48(103(88,89)90)30-32-55(51)78(60)8/h13,15-16,21-28,30-33,37-39,43,54,58-59H,9-12,14,17-20,29,34-36,40-42,44H2,1-8H3,(H9-,73,74,75,76,77,81,82,83,84,85,87,88,89,90,91,92,93,94,95,96,97,98,99)/p-1/t54-,58?,59?/m0/s1. The van der Waals surface area contributed by atoms with Gasteiger partial charge in [-0.05, 0) is 132 Å². The van der Waals surface area contributed by atoms with Crippen LogP contribution in [-0.2, 0) is 77.0 Å². The highest BCUT2D eigenvalue weighted by molar-refractivity contribution is 7.87. The number of anilines is 2. The van der Waals surface area contributed by atoms with E-state index in [1.165, 1.54) is 35.0 Å². The number of aryl methyl sites for hydroxylation is 1. The van der Waals surface area contributed by atoms with Crippen molar-refractivity contribution in [3.63, 3.8) is 0 Å². The minimum atomic E-state index is -5.29. The molecule has 35 heteroatoms. The van der Waals surface area contributed by atoms with Crippen LogP contribution in [0, 0.1) is 6.92 Å². The third kappa shape index (κ3) is 21.9. The van der Waals surface area contributed by atoms with Gasteiger partial charge in [-0.3, -0.25) is 33.1 Å². The lowest BCUT2D eigenvalue weighted by Crippen LogP contribution is -2.52. The predicted octanol–water partition coefficient (Wildman–Crippen LogP) is 7.66. The van der Waals surface area contributed by atoms with Crippen molar-refractivity contribution in [3.8, 4) is 17.2 Å². The predicted molar refractivity (Wildman–Crippen MR) is 393 cm³/mol. The van der Waals surface area contributed by atoms with E-state index in [1.807, 2.05) is 61.7 Å². The summed E-state index contributed by atoms with van der Waals surface area (Å²) in [5.41, 5.74) is 2.93. The molecule has 576 valence electrons. The van der Waals surface area contributed by atoms with Crippen molar-refractivity contribution in [2.24, 2.45) is 0 Å². The molecule has 3 heterocycles. The van der Waals surface area contributed by atoms with Crippen LogP contribution in [0.25, 0.3) is 0 Å². The first kappa shape index (κ1) is 84.3. The van der Waals surface area contributed by atoms with E-state index in [0.29, 0.717) is 102 Å². The zero-order valence-corrected chi connectivity index (χ0v) is 63.7. The molecule has 0 saturated carbocycles.